The molecule has 0 bridgehead atoms. The summed E-state index contributed by atoms with van der Waals surface area (Å²) in [5, 5.41) is 5.40. The molecule has 154 valence electrons. The van der Waals surface area contributed by atoms with Crippen molar-refractivity contribution >= 4 is 27.7 Å². The summed E-state index contributed by atoms with van der Waals surface area (Å²) in [6.07, 6.45) is 0.565. The monoisotopic (exact) mass is 466 g/mol. The zero-order chi connectivity index (χ0) is 21.1. The van der Waals surface area contributed by atoms with Gasteiger partial charge in [0.15, 0.2) is 0 Å². The van der Waals surface area contributed by atoms with Crippen molar-refractivity contribution in [1.29, 1.82) is 0 Å². The maximum atomic E-state index is 13.9. The molecule has 1 heterocycles. The number of rotatable bonds is 5. The lowest BCUT2D eigenvalue weighted by molar-refractivity contribution is -0.124. The van der Waals surface area contributed by atoms with Gasteiger partial charge in [0, 0.05) is 16.5 Å². The van der Waals surface area contributed by atoms with E-state index in [0.29, 0.717) is 18.8 Å². The van der Waals surface area contributed by atoms with E-state index in [1.54, 1.807) is 13.8 Å². The third-order valence-electron chi connectivity index (χ3n) is 4.75. The fourth-order valence-electron chi connectivity index (χ4n) is 3.24. The van der Waals surface area contributed by atoms with Crippen molar-refractivity contribution in [3.63, 3.8) is 0 Å². The molecule has 0 aliphatic carbocycles. The van der Waals surface area contributed by atoms with Crippen LogP contribution in [0.5, 0.6) is 5.75 Å². The van der Waals surface area contributed by atoms with Gasteiger partial charge in [0.2, 0.25) is 5.91 Å². The molecule has 2 aromatic carbocycles. The van der Waals surface area contributed by atoms with Gasteiger partial charge in [-0.15, -0.1) is 0 Å². The molecule has 2 amide bonds. The van der Waals surface area contributed by atoms with E-state index in [2.05, 4.69) is 26.6 Å². The number of nitrogens with one attached hydrogen (secondary N) is 2. The average Bonchev–Trinajstić information content (AvgIpc) is 2.66. The first kappa shape index (κ1) is 21.2. The third kappa shape index (κ3) is 4.75. The molecule has 0 saturated heterocycles. The topological polar surface area (TPSA) is 67.4 Å². The van der Waals surface area contributed by atoms with Crippen molar-refractivity contribution in [2.75, 3.05) is 6.61 Å². The molecular formula is C21H21BrF2N2O3. The molecule has 29 heavy (non-hydrogen) atoms. The third-order valence-corrected chi connectivity index (χ3v) is 5.25. The Hall–Kier alpha value is -2.48. The fourth-order valence-corrected chi connectivity index (χ4v) is 3.62. The maximum Gasteiger partial charge on any atom is 0.257 e. The number of hydrogen-bond donors (Lipinski definition) is 2. The lowest BCUT2D eigenvalue weighted by Crippen LogP contribution is -2.51. The van der Waals surface area contributed by atoms with Crippen LogP contribution < -0.4 is 15.4 Å². The van der Waals surface area contributed by atoms with Gasteiger partial charge in [-0.25, -0.2) is 8.78 Å². The van der Waals surface area contributed by atoms with Crippen molar-refractivity contribution in [2.45, 2.75) is 32.4 Å². The molecule has 8 heteroatoms. The maximum absolute atomic E-state index is 13.9. The lowest BCUT2D eigenvalue weighted by Gasteiger charge is -2.29. The van der Waals surface area contributed by atoms with Crippen molar-refractivity contribution in [3.8, 4) is 5.75 Å². The minimum absolute atomic E-state index is 0.296. The summed E-state index contributed by atoms with van der Waals surface area (Å²) >= 11 is 3.41. The summed E-state index contributed by atoms with van der Waals surface area (Å²) < 4.78 is 34.3. The van der Waals surface area contributed by atoms with Crippen molar-refractivity contribution < 1.29 is 23.1 Å². The van der Waals surface area contributed by atoms with Crippen LogP contribution in [0.3, 0.4) is 0 Å². The number of halogens is 3. The molecule has 0 radical (unpaired) electrons. The molecule has 2 aromatic rings. The van der Waals surface area contributed by atoms with E-state index < -0.39 is 35.1 Å². The lowest BCUT2D eigenvalue weighted by atomic mass is 9.98. The first-order valence-corrected chi connectivity index (χ1v) is 10.0. The number of fused-ring (bicyclic) bond motifs is 1. The summed E-state index contributed by atoms with van der Waals surface area (Å²) in [5.74, 6) is -2.96. The second-order valence-electron chi connectivity index (χ2n) is 7.17. The van der Waals surface area contributed by atoms with Gasteiger partial charge in [0.1, 0.15) is 29.0 Å². The van der Waals surface area contributed by atoms with E-state index >= 15 is 0 Å². The number of hydrogen-bond acceptors (Lipinski definition) is 3. The predicted molar refractivity (Wildman–Crippen MR) is 108 cm³/mol. The standard InChI is InChI=1S/C21H21BrF2N2O3/c1-11(2)19(26-20(27)18-14(23)4-3-5-15(18)24)21(28)25-16-8-9-29-17-7-6-12(22)10-13(16)17/h3-7,10-11,16,19H,8-9H2,1-2H3,(H,25,28)(H,26,27). The van der Waals surface area contributed by atoms with Crippen LogP contribution in [0.25, 0.3) is 0 Å². The van der Waals surface area contributed by atoms with Crippen molar-refractivity contribution in [3.05, 3.63) is 63.6 Å². The van der Waals surface area contributed by atoms with Crippen LogP contribution in [0.2, 0.25) is 0 Å². The van der Waals surface area contributed by atoms with E-state index in [1.165, 1.54) is 6.07 Å². The molecule has 1 aliphatic heterocycles. The Bertz CT molecular complexity index is 916. The molecule has 2 unspecified atom stereocenters. The summed E-state index contributed by atoms with van der Waals surface area (Å²) in [6, 6.07) is 7.46. The normalized spacial score (nSPS) is 16.6. The smallest absolute Gasteiger partial charge is 0.257 e. The zero-order valence-corrected chi connectivity index (χ0v) is 17.6. The van der Waals surface area contributed by atoms with Crippen LogP contribution in [-0.4, -0.2) is 24.5 Å². The number of carbonyl (C=O) groups excluding carboxylic acids is 2. The van der Waals surface area contributed by atoms with Crippen LogP contribution >= 0.6 is 15.9 Å². The van der Waals surface area contributed by atoms with Crippen molar-refractivity contribution in [2.24, 2.45) is 5.92 Å². The molecular weight excluding hydrogens is 446 g/mol. The Morgan fingerprint density at radius 2 is 1.86 bits per heavy atom. The number of ether oxygens (including phenoxy) is 1. The van der Waals surface area contributed by atoms with Gasteiger partial charge < -0.3 is 15.4 Å². The first-order chi connectivity index (χ1) is 13.8. The molecule has 0 fully saturated rings. The van der Waals surface area contributed by atoms with Crippen LogP contribution in [0.4, 0.5) is 8.78 Å². The molecule has 0 aromatic heterocycles. The Labute approximate surface area is 176 Å². The largest absolute Gasteiger partial charge is 0.493 e. The fraction of sp³-hybridized carbons (Fsp3) is 0.333. The highest BCUT2D eigenvalue weighted by molar-refractivity contribution is 9.10. The van der Waals surface area contributed by atoms with Crippen LogP contribution in [0.1, 0.15) is 42.2 Å². The Morgan fingerprint density at radius 3 is 2.52 bits per heavy atom. The molecule has 2 N–H and O–H groups in total. The number of amides is 2. The van der Waals surface area contributed by atoms with Gasteiger partial charge in [-0.05, 0) is 36.2 Å². The molecule has 5 nitrogen and oxygen atoms in total. The average molecular weight is 467 g/mol. The van der Waals surface area contributed by atoms with Gasteiger partial charge in [0.25, 0.3) is 5.91 Å². The molecule has 2 atom stereocenters. The highest BCUT2D eigenvalue weighted by atomic mass is 79.9. The van der Waals surface area contributed by atoms with E-state index in [-0.39, 0.29) is 12.0 Å². The van der Waals surface area contributed by atoms with Gasteiger partial charge >= 0.3 is 0 Å². The summed E-state index contributed by atoms with van der Waals surface area (Å²) in [6.45, 7) is 3.94. The van der Waals surface area contributed by atoms with Crippen LogP contribution in [0, 0.1) is 17.6 Å². The van der Waals surface area contributed by atoms with Crippen LogP contribution in [0.15, 0.2) is 40.9 Å². The van der Waals surface area contributed by atoms with Gasteiger partial charge in [0.05, 0.1) is 12.6 Å². The van der Waals surface area contributed by atoms with Gasteiger partial charge in [-0.3, -0.25) is 9.59 Å². The SMILES string of the molecule is CC(C)C(NC(=O)c1c(F)cccc1F)C(=O)NC1CCOc2ccc(Br)cc21. The van der Waals surface area contributed by atoms with Crippen LogP contribution in [-0.2, 0) is 4.79 Å². The minimum atomic E-state index is -0.978. The van der Waals surface area contributed by atoms with Gasteiger partial charge in [-0.2, -0.15) is 0 Å². The Morgan fingerprint density at radius 1 is 1.17 bits per heavy atom. The quantitative estimate of drug-likeness (QED) is 0.696. The molecule has 0 spiro atoms. The summed E-state index contributed by atoms with van der Waals surface area (Å²) in [4.78, 5) is 25.4. The number of benzene rings is 2. The minimum Gasteiger partial charge on any atom is -0.493 e. The van der Waals surface area contributed by atoms with E-state index in [9.17, 15) is 18.4 Å². The summed E-state index contributed by atoms with van der Waals surface area (Å²) in [5.41, 5.74) is 0.124. The second kappa shape index (κ2) is 8.90. The van der Waals surface area contributed by atoms with E-state index in [0.717, 1.165) is 22.2 Å². The van der Waals surface area contributed by atoms with E-state index in [1.807, 2.05) is 18.2 Å². The molecule has 3 rings (SSSR count). The zero-order valence-electron chi connectivity index (χ0n) is 16.0. The van der Waals surface area contributed by atoms with Gasteiger partial charge in [-0.1, -0.05) is 35.8 Å². The van der Waals surface area contributed by atoms with E-state index in [4.69, 9.17) is 4.74 Å². The molecule has 0 saturated carbocycles. The van der Waals surface area contributed by atoms with Crippen molar-refractivity contribution in [1.82, 2.24) is 10.6 Å². The number of carbonyl (C=O) groups is 2. The Kier molecular flexibility index (Phi) is 6.52. The second-order valence-corrected chi connectivity index (χ2v) is 8.09. The Balaban J connectivity index is 1.78. The highest BCUT2D eigenvalue weighted by Gasteiger charge is 2.30. The molecule has 1 aliphatic rings. The predicted octanol–water partition coefficient (Wildman–Crippen LogP) is 4.12. The highest BCUT2D eigenvalue weighted by Crippen LogP contribution is 2.34. The first-order valence-electron chi connectivity index (χ1n) is 9.25. The summed E-state index contributed by atoms with van der Waals surface area (Å²) in [7, 11) is 0.